The molecular formula is C9H13N3OS. The molecule has 0 radical (unpaired) electrons. The van der Waals surface area contributed by atoms with Gasteiger partial charge in [-0.3, -0.25) is 4.79 Å². The monoisotopic (exact) mass is 211 g/mol. The number of rotatable bonds is 1. The van der Waals surface area contributed by atoms with Gasteiger partial charge in [-0.15, -0.1) is 0 Å². The molecule has 1 aliphatic heterocycles. The molecule has 5 heteroatoms. The van der Waals surface area contributed by atoms with E-state index in [2.05, 4.69) is 10.3 Å². The SMILES string of the molecule is O=C1NCCCCC1n1cc[nH]c1=S. The molecule has 0 spiro atoms. The van der Waals surface area contributed by atoms with Crippen LogP contribution in [0.3, 0.4) is 0 Å². The van der Waals surface area contributed by atoms with E-state index in [9.17, 15) is 4.79 Å². The summed E-state index contributed by atoms with van der Waals surface area (Å²) < 4.78 is 2.45. The number of nitrogens with zero attached hydrogens (tertiary/aromatic N) is 1. The molecule has 2 rings (SSSR count). The predicted molar refractivity (Wildman–Crippen MR) is 55.5 cm³/mol. The van der Waals surface area contributed by atoms with Gasteiger partial charge in [0, 0.05) is 18.9 Å². The summed E-state index contributed by atoms with van der Waals surface area (Å²) in [4.78, 5) is 14.6. The van der Waals surface area contributed by atoms with E-state index < -0.39 is 0 Å². The van der Waals surface area contributed by atoms with Gasteiger partial charge in [-0.05, 0) is 31.5 Å². The van der Waals surface area contributed by atoms with E-state index >= 15 is 0 Å². The quantitative estimate of drug-likeness (QED) is 0.690. The molecule has 1 fully saturated rings. The van der Waals surface area contributed by atoms with Gasteiger partial charge < -0.3 is 14.9 Å². The molecule has 1 unspecified atom stereocenters. The zero-order chi connectivity index (χ0) is 9.97. The van der Waals surface area contributed by atoms with E-state index in [1.165, 1.54) is 0 Å². The van der Waals surface area contributed by atoms with E-state index in [0.29, 0.717) is 4.77 Å². The molecule has 1 saturated heterocycles. The Balaban J connectivity index is 2.27. The lowest BCUT2D eigenvalue weighted by Crippen LogP contribution is -2.30. The summed E-state index contributed by atoms with van der Waals surface area (Å²) in [6.45, 7) is 0.785. The summed E-state index contributed by atoms with van der Waals surface area (Å²) in [5.74, 6) is 0.0817. The Kier molecular flexibility index (Phi) is 2.67. The summed E-state index contributed by atoms with van der Waals surface area (Å²) in [7, 11) is 0. The standard InChI is InChI=1S/C9H13N3OS/c13-8-7(3-1-2-4-10-8)12-6-5-11-9(12)14/h5-7H,1-4H2,(H,10,13)(H,11,14). The molecule has 1 atom stereocenters. The summed E-state index contributed by atoms with van der Waals surface area (Å²) in [6, 6.07) is -0.128. The molecule has 1 aliphatic rings. The summed E-state index contributed by atoms with van der Waals surface area (Å²) in [5, 5.41) is 2.89. The van der Waals surface area contributed by atoms with Gasteiger partial charge >= 0.3 is 0 Å². The molecule has 4 nitrogen and oxygen atoms in total. The first kappa shape index (κ1) is 9.45. The van der Waals surface area contributed by atoms with E-state index in [-0.39, 0.29) is 11.9 Å². The number of carbonyl (C=O) groups excluding carboxylic acids is 1. The van der Waals surface area contributed by atoms with Crippen LogP contribution in [0.1, 0.15) is 25.3 Å². The van der Waals surface area contributed by atoms with Crippen molar-refractivity contribution in [3.63, 3.8) is 0 Å². The van der Waals surface area contributed by atoms with Crippen LogP contribution in [-0.4, -0.2) is 22.0 Å². The maximum absolute atomic E-state index is 11.7. The molecule has 76 valence electrons. The maximum atomic E-state index is 11.7. The van der Waals surface area contributed by atoms with Crippen molar-refractivity contribution in [3.8, 4) is 0 Å². The Morgan fingerprint density at radius 2 is 2.36 bits per heavy atom. The Bertz CT molecular complexity index is 381. The highest BCUT2D eigenvalue weighted by atomic mass is 32.1. The Hall–Kier alpha value is -1.10. The predicted octanol–water partition coefficient (Wildman–Crippen LogP) is 1.39. The lowest BCUT2D eigenvalue weighted by molar-refractivity contribution is -0.124. The van der Waals surface area contributed by atoms with Gasteiger partial charge in [-0.1, -0.05) is 0 Å². The van der Waals surface area contributed by atoms with Crippen molar-refractivity contribution in [2.45, 2.75) is 25.3 Å². The minimum Gasteiger partial charge on any atom is -0.354 e. The number of imidazole rings is 1. The molecule has 14 heavy (non-hydrogen) atoms. The maximum Gasteiger partial charge on any atom is 0.243 e. The number of hydrogen-bond acceptors (Lipinski definition) is 2. The van der Waals surface area contributed by atoms with Gasteiger partial charge in [0.15, 0.2) is 4.77 Å². The molecule has 1 aromatic heterocycles. The molecule has 0 saturated carbocycles. The number of nitrogens with one attached hydrogen (secondary N) is 2. The lowest BCUT2D eigenvalue weighted by Gasteiger charge is -2.14. The average Bonchev–Trinajstić information content (AvgIpc) is 2.46. The second-order valence-electron chi connectivity index (χ2n) is 3.48. The van der Waals surface area contributed by atoms with Gasteiger partial charge in [-0.2, -0.15) is 0 Å². The molecule has 2 N–H and O–H groups in total. The normalized spacial score (nSPS) is 22.9. The van der Waals surface area contributed by atoms with Crippen LogP contribution in [0.2, 0.25) is 0 Å². The summed E-state index contributed by atoms with van der Waals surface area (Å²) in [5.41, 5.74) is 0. The third-order valence-corrected chi connectivity index (χ3v) is 2.85. The molecule has 0 aromatic carbocycles. The van der Waals surface area contributed by atoms with Crippen molar-refractivity contribution in [1.82, 2.24) is 14.9 Å². The van der Waals surface area contributed by atoms with Crippen LogP contribution in [0.15, 0.2) is 12.4 Å². The van der Waals surface area contributed by atoms with Crippen LogP contribution in [0.4, 0.5) is 0 Å². The van der Waals surface area contributed by atoms with Crippen LogP contribution in [-0.2, 0) is 4.79 Å². The van der Waals surface area contributed by atoms with Crippen LogP contribution >= 0.6 is 12.2 Å². The number of amides is 1. The van der Waals surface area contributed by atoms with E-state index in [1.54, 1.807) is 6.20 Å². The smallest absolute Gasteiger partial charge is 0.243 e. The molecule has 1 aromatic rings. The van der Waals surface area contributed by atoms with Crippen molar-refractivity contribution in [2.24, 2.45) is 0 Å². The Labute approximate surface area is 87.3 Å². The van der Waals surface area contributed by atoms with E-state index in [4.69, 9.17) is 12.2 Å². The largest absolute Gasteiger partial charge is 0.354 e. The fraction of sp³-hybridized carbons (Fsp3) is 0.556. The molecule has 0 bridgehead atoms. The molecule has 1 amide bonds. The topological polar surface area (TPSA) is 49.8 Å². The first-order valence-corrected chi connectivity index (χ1v) is 5.23. The van der Waals surface area contributed by atoms with Gasteiger partial charge in [-0.25, -0.2) is 0 Å². The van der Waals surface area contributed by atoms with Crippen molar-refractivity contribution >= 4 is 18.1 Å². The number of carbonyl (C=O) groups is 1. The fourth-order valence-electron chi connectivity index (χ4n) is 1.77. The van der Waals surface area contributed by atoms with Gasteiger partial charge in [0.05, 0.1) is 0 Å². The summed E-state index contributed by atoms with van der Waals surface area (Å²) in [6.07, 6.45) is 6.59. The highest BCUT2D eigenvalue weighted by Gasteiger charge is 2.22. The fourth-order valence-corrected chi connectivity index (χ4v) is 2.02. The molecule has 0 aliphatic carbocycles. The first-order chi connectivity index (χ1) is 6.79. The highest BCUT2D eigenvalue weighted by molar-refractivity contribution is 7.71. The Morgan fingerprint density at radius 1 is 1.50 bits per heavy atom. The number of aromatic amines is 1. The lowest BCUT2D eigenvalue weighted by atomic mass is 10.1. The zero-order valence-corrected chi connectivity index (χ0v) is 8.64. The van der Waals surface area contributed by atoms with E-state index in [0.717, 1.165) is 25.8 Å². The highest BCUT2D eigenvalue weighted by Crippen LogP contribution is 2.18. The number of aromatic nitrogens is 2. The van der Waals surface area contributed by atoms with Crippen LogP contribution < -0.4 is 5.32 Å². The van der Waals surface area contributed by atoms with Gasteiger partial charge in [0.25, 0.3) is 0 Å². The third kappa shape index (κ3) is 1.72. The van der Waals surface area contributed by atoms with Crippen LogP contribution in [0.5, 0.6) is 0 Å². The van der Waals surface area contributed by atoms with E-state index in [1.807, 2.05) is 10.8 Å². The second kappa shape index (κ2) is 3.96. The minimum atomic E-state index is -0.128. The number of hydrogen-bond donors (Lipinski definition) is 2. The Morgan fingerprint density at radius 3 is 3.07 bits per heavy atom. The second-order valence-corrected chi connectivity index (χ2v) is 3.86. The number of H-pyrrole nitrogens is 1. The summed E-state index contributed by atoms with van der Waals surface area (Å²) >= 11 is 5.09. The first-order valence-electron chi connectivity index (χ1n) is 4.82. The van der Waals surface area contributed by atoms with Crippen LogP contribution in [0.25, 0.3) is 0 Å². The third-order valence-electron chi connectivity index (χ3n) is 2.52. The molecule has 2 heterocycles. The van der Waals surface area contributed by atoms with Crippen molar-refractivity contribution in [3.05, 3.63) is 17.2 Å². The van der Waals surface area contributed by atoms with Crippen molar-refractivity contribution in [2.75, 3.05) is 6.54 Å². The van der Waals surface area contributed by atoms with Crippen LogP contribution in [0, 0.1) is 4.77 Å². The molecular weight excluding hydrogens is 198 g/mol. The zero-order valence-electron chi connectivity index (χ0n) is 7.82. The average molecular weight is 211 g/mol. The van der Waals surface area contributed by atoms with Crippen molar-refractivity contribution in [1.29, 1.82) is 0 Å². The van der Waals surface area contributed by atoms with Gasteiger partial charge in [0.1, 0.15) is 6.04 Å². The van der Waals surface area contributed by atoms with Crippen molar-refractivity contribution < 1.29 is 4.79 Å². The van der Waals surface area contributed by atoms with Gasteiger partial charge in [0.2, 0.25) is 5.91 Å². The minimum absolute atomic E-state index is 0.0817.